The van der Waals surface area contributed by atoms with Gasteiger partial charge in [0.05, 0.1) is 46.5 Å². The summed E-state index contributed by atoms with van der Waals surface area (Å²) in [6.45, 7) is 8.16. The van der Waals surface area contributed by atoms with Crippen molar-refractivity contribution in [3.05, 3.63) is 47.7 Å². The van der Waals surface area contributed by atoms with Gasteiger partial charge in [0, 0.05) is 37.4 Å². The van der Waals surface area contributed by atoms with Gasteiger partial charge < -0.3 is 10.6 Å². The van der Waals surface area contributed by atoms with Crippen molar-refractivity contribution in [2.24, 2.45) is 0 Å². The predicted octanol–water partition coefficient (Wildman–Crippen LogP) is 2.24. The number of nitrogens with zero attached hydrogens (tertiary/aromatic N) is 7. The summed E-state index contributed by atoms with van der Waals surface area (Å²) in [6.07, 6.45) is 6.32. The first-order chi connectivity index (χ1) is 17.3. The van der Waals surface area contributed by atoms with E-state index in [1.807, 2.05) is 25.3 Å². The van der Waals surface area contributed by atoms with E-state index >= 15 is 0 Å². The Morgan fingerprint density at radius 3 is 2.61 bits per heavy atom. The molecule has 3 aromatic rings. The number of anilines is 1. The molecule has 36 heavy (non-hydrogen) atoms. The second kappa shape index (κ2) is 11.1. The van der Waals surface area contributed by atoms with Crippen LogP contribution in [0.3, 0.4) is 0 Å². The van der Waals surface area contributed by atoms with Crippen molar-refractivity contribution in [1.29, 1.82) is 5.26 Å². The van der Waals surface area contributed by atoms with Gasteiger partial charge in [-0.3, -0.25) is 4.98 Å². The number of hydrogen-bond acceptors (Lipinski definition) is 9. The topological polar surface area (TPSA) is 142 Å². The number of aryl methyl sites for hydroxylation is 1. The molecule has 0 aromatic carbocycles. The van der Waals surface area contributed by atoms with Crippen LogP contribution in [-0.2, 0) is 16.6 Å². The van der Waals surface area contributed by atoms with Crippen molar-refractivity contribution in [3.8, 4) is 23.0 Å². The van der Waals surface area contributed by atoms with Crippen LogP contribution >= 0.6 is 0 Å². The molecule has 0 spiro atoms. The van der Waals surface area contributed by atoms with Gasteiger partial charge >= 0.3 is 0 Å². The van der Waals surface area contributed by atoms with Gasteiger partial charge in [0.1, 0.15) is 6.07 Å². The molecule has 4 heterocycles. The van der Waals surface area contributed by atoms with Crippen molar-refractivity contribution in [2.75, 3.05) is 30.7 Å². The molecule has 190 valence electrons. The van der Waals surface area contributed by atoms with Crippen LogP contribution in [0.2, 0.25) is 0 Å². The van der Waals surface area contributed by atoms with E-state index in [0.29, 0.717) is 55.2 Å². The quantitative estimate of drug-likeness (QED) is 0.444. The molecule has 1 aliphatic rings. The third kappa shape index (κ3) is 5.70. The molecule has 0 saturated carbocycles. The SMILES string of the molecule is CCNCc1ccc(-n2cc(-c3nc(NC4CCN(S(=O)(=O)CC)CC4)ncc3C#N)cn2)c(C)n1. The normalized spacial score (nSPS) is 15.1. The van der Waals surface area contributed by atoms with Gasteiger partial charge in [0.25, 0.3) is 0 Å². The van der Waals surface area contributed by atoms with Crippen LogP contribution in [0.4, 0.5) is 5.95 Å². The lowest BCUT2D eigenvalue weighted by Gasteiger charge is -2.31. The highest BCUT2D eigenvalue weighted by atomic mass is 32.2. The highest BCUT2D eigenvalue weighted by molar-refractivity contribution is 7.89. The van der Waals surface area contributed by atoms with Crippen LogP contribution in [0.1, 0.15) is 43.6 Å². The predicted molar refractivity (Wildman–Crippen MR) is 137 cm³/mol. The fraction of sp³-hybridized carbons (Fsp3) is 0.458. The molecule has 0 atom stereocenters. The van der Waals surface area contributed by atoms with Crippen molar-refractivity contribution in [3.63, 3.8) is 0 Å². The van der Waals surface area contributed by atoms with E-state index in [4.69, 9.17) is 0 Å². The van der Waals surface area contributed by atoms with E-state index < -0.39 is 10.0 Å². The number of pyridine rings is 1. The van der Waals surface area contributed by atoms with E-state index in [9.17, 15) is 13.7 Å². The maximum absolute atomic E-state index is 12.1. The Bertz CT molecular complexity index is 1360. The minimum absolute atomic E-state index is 0.0475. The van der Waals surface area contributed by atoms with E-state index in [1.54, 1.807) is 17.8 Å². The Labute approximate surface area is 211 Å². The summed E-state index contributed by atoms with van der Waals surface area (Å²) in [5.41, 5.74) is 4.18. The molecule has 1 saturated heterocycles. The third-order valence-electron chi connectivity index (χ3n) is 6.23. The molecule has 12 heteroatoms. The van der Waals surface area contributed by atoms with Gasteiger partial charge in [-0.05, 0) is 45.4 Å². The maximum atomic E-state index is 12.1. The zero-order valence-corrected chi connectivity index (χ0v) is 21.6. The fourth-order valence-corrected chi connectivity index (χ4v) is 5.31. The summed E-state index contributed by atoms with van der Waals surface area (Å²) in [5, 5.41) is 20.7. The molecule has 11 nitrogen and oxygen atoms in total. The van der Waals surface area contributed by atoms with Crippen molar-refractivity contribution < 1.29 is 8.42 Å². The smallest absolute Gasteiger partial charge is 0.223 e. The fourth-order valence-electron chi connectivity index (χ4n) is 4.17. The van der Waals surface area contributed by atoms with E-state index in [2.05, 4.69) is 43.7 Å². The largest absolute Gasteiger partial charge is 0.351 e. The van der Waals surface area contributed by atoms with Crippen molar-refractivity contribution >= 4 is 16.0 Å². The van der Waals surface area contributed by atoms with Crippen LogP contribution in [0, 0.1) is 18.3 Å². The van der Waals surface area contributed by atoms with Gasteiger partial charge in [-0.1, -0.05) is 6.92 Å². The van der Waals surface area contributed by atoms with Crippen molar-refractivity contribution in [2.45, 2.75) is 46.2 Å². The first kappa shape index (κ1) is 25.7. The second-order valence-electron chi connectivity index (χ2n) is 8.65. The summed E-state index contributed by atoms with van der Waals surface area (Å²) in [5.74, 6) is 0.510. The molecular weight excluding hydrogens is 478 g/mol. The molecule has 0 aliphatic carbocycles. The Morgan fingerprint density at radius 2 is 1.94 bits per heavy atom. The molecular formula is C24H31N9O2S. The summed E-state index contributed by atoms with van der Waals surface area (Å²) >= 11 is 0. The lowest BCUT2D eigenvalue weighted by molar-refractivity contribution is 0.329. The van der Waals surface area contributed by atoms with Gasteiger partial charge in [0.2, 0.25) is 16.0 Å². The first-order valence-corrected chi connectivity index (χ1v) is 13.7. The van der Waals surface area contributed by atoms with Crippen LogP contribution < -0.4 is 10.6 Å². The van der Waals surface area contributed by atoms with Crippen LogP contribution in [0.15, 0.2) is 30.7 Å². The highest BCUT2D eigenvalue weighted by Gasteiger charge is 2.27. The number of aromatic nitrogens is 5. The Hall–Kier alpha value is -3.40. The van der Waals surface area contributed by atoms with Gasteiger partial charge in [-0.25, -0.2) is 27.4 Å². The van der Waals surface area contributed by atoms with E-state index in [1.165, 1.54) is 10.5 Å². The highest BCUT2D eigenvalue weighted by Crippen LogP contribution is 2.25. The molecule has 0 amide bonds. The van der Waals surface area contributed by atoms with Gasteiger partial charge in [0.15, 0.2) is 0 Å². The summed E-state index contributed by atoms with van der Waals surface area (Å²) in [6, 6.07) is 6.16. The number of nitriles is 1. The van der Waals surface area contributed by atoms with Gasteiger partial charge in [-0.2, -0.15) is 10.4 Å². The zero-order chi connectivity index (χ0) is 25.7. The molecule has 4 rings (SSSR count). The van der Waals surface area contributed by atoms with Crippen LogP contribution in [0.5, 0.6) is 0 Å². The van der Waals surface area contributed by atoms with Gasteiger partial charge in [-0.15, -0.1) is 0 Å². The lowest BCUT2D eigenvalue weighted by Crippen LogP contribution is -2.43. The number of piperidine rings is 1. The summed E-state index contributed by atoms with van der Waals surface area (Å²) in [7, 11) is -3.18. The van der Waals surface area contributed by atoms with E-state index in [0.717, 1.165) is 23.6 Å². The van der Waals surface area contributed by atoms with Crippen LogP contribution in [0.25, 0.3) is 16.9 Å². The molecule has 1 fully saturated rings. The minimum Gasteiger partial charge on any atom is -0.351 e. The maximum Gasteiger partial charge on any atom is 0.223 e. The molecule has 0 radical (unpaired) electrons. The number of hydrogen-bond donors (Lipinski definition) is 2. The number of sulfonamides is 1. The Balaban J connectivity index is 1.51. The molecule has 0 bridgehead atoms. The molecule has 0 unspecified atom stereocenters. The zero-order valence-electron chi connectivity index (χ0n) is 20.8. The lowest BCUT2D eigenvalue weighted by atomic mass is 10.1. The molecule has 1 aliphatic heterocycles. The Kier molecular flexibility index (Phi) is 7.93. The Morgan fingerprint density at radius 1 is 1.17 bits per heavy atom. The standard InChI is InChI=1S/C24H31N9O2S/c1-4-26-15-21-6-7-22(17(3)29-21)33-16-19(14-28-33)23-18(12-25)13-27-24(31-23)30-20-8-10-32(11-9-20)36(34,35)5-2/h6-7,13-14,16,20,26H,4-5,8-11,15H2,1-3H3,(H,27,30,31). The monoisotopic (exact) mass is 509 g/mol. The number of nitrogens with one attached hydrogen (secondary N) is 2. The summed E-state index contributed by atoms with van der Waals surface area (Å²) < 4.78 is 27.5. The average molecular weight is 510 g/mol. The third-order valence-corrected chi connectivity index (χ3v) is 8.11. The average Bonchev–Trinajstić information content (AvgIpc) is 3.37. The summed E-state index contributed by atoms with van der Waals surface area (Å²) in [4.78, 5) is 13.6. The van der Waals surface area contributed by atoms with Crippen molar-refractivity contribution in [1.82, 2.24) is 34.4 Å². The second-order valence-corrected chi connectivity index (χ2v) is 10.9. The molecule has 3 aromatic heterocycles. The molecule has 2 N–H and O–H groups in total. The minimum atomic E-state index is -3.18. The number of rotatable bonds is 9. The van der Waals surface area contributed by atoms with E-state index in [-0.39, 0.29) is 11.8 Å². The first-order valence-electron chi connectivity index (χ1n) is 12.1. The van der Waals surface area contributed by atoms with Crippen LogP contribution in [-0.4, -0.2) is 68.9 Å².